The quantitative estimate of drug-likeness (QED) is 0.511. The van der Waals surface area contributed by atoms with Crippen molar-refractivity contribution in [1.82, 2.24) is 0 Å². The van der Waals surface area contributed by atoms with Gasteiger partial charge in [0.2, 0.25) is 0 Å². The van der Waals surface area contributed by atoms with E-state index in [1.165, 1.54) is 0 Å². The van der Waals surface area contributed by atoms with Crippen molar-refractivity contribution in [3.05, 3.63) is 66.7 Å². The van der Waals surface area contributed by atoms with Crippen LogP contribution in [0.3, 0.4) is 0 Å². The van der Waals surface area contributed by atoms with E-state index in [0.29, 0.717) is 5.69 Å². The lowest BCUT2D eigenvalue weighted by molar-refractivity contribution is 1.24. The van der Waals surface area contributed by atoms with Crippen LogP contribution in [0.25, 0.3) is 10.8 Å². The van der Waals surface area contributed by atoms with Gasteiger partial charge in [-0.1, -0.05) is 48.5 Å². The second-order valence-electron chi connectivity index (χ2n) is 4.26. The molecule has 3 nitrogen and oxygen atoms in total. The number of nitrogens with zero attached hydrogens (tertiary/aromatic N) is 2. The Morgan fingerprint density at radius 1 is 0.684 bits per heavy atom. The van der Waals surface area contributed by atoms with Crippen LogP contribution < -0.4 is 5.73 Å². The highest BCUT2D eigenvalue weighted by Gasteiger charge is 2.03. The van der Waals surface area contributed by atoms with E-state index in [1.54, 1.807) is 0 Å². The van der Waals surface area contributed by atoms with Gasteiger partial charge in [-0.3, -0.25) is 0 Å². The van der Waals surface area contributed by atoms with E-state index in [1.807, 2.05) is 66.7 Å². The smallest absolute Gasteiger partial charge is 0.116 e. The summed E-state index contributed by atoms with van der Waals surface area (Å²) in [7, 11) is 0. The molecule has 0 aliphatic rings. The molecule has 92 valence electrons. The lowest BCUT2D eigenvalue weighted by Crippen LogP contribution is -1.85. The Morgan fingerprint density at radius 2 is 1.42 bits per heavy atom. The molecular formula is C16H13N3. The molecule has 3 heteroatoms. The number of nitrogens with two attached hydrogens (primary N) is 1. The van der Waals surface area contributed by atoms with Gasteiger partial charge >= 0.3 is 0 Å². The van der Waals surface area contributed by atoms with E-state index in [2.05, 4.69) is 10.2 Å². The van der Waals surface area contributed by atoms with Crippen LogP contribution in [0.15, 0.2) is 77.0 Å². The highest BCUT2D eigenvalue weighted by Crippen LogP contribution is 2.33. The van der Waals surface area contributed by atoms with E-state index in [4.69, 9.17) is 5.73 Å². The van der Waals surface area contributed by atoms with Gasteiger partial charge < -0.3 is 5.73 Å². The third-order valence-corrected chi connectivity index (χ3v) is 2.95. The number of nitrogen functional groups attached to an aromatic ring is 1. The first-order chi connectivity index (χ1) is 9.34. The van der Waals surface area contributed by atoms with Crippen molar-refractivity contribution >= 4 is 27.8 Å². The molecule has 0 aliphatic carbocycles. The maximum atomic E-state index is 6.00. The van der Waals surface area contributed by atoms with Crippen molar-refractivity contribution in [2.75, 3.05) is 5.73 Å². The van der Waals surface area contributed by atoms with Crippen molar-refractivity contribution in [2.24, 2.45) is 10.2 Å². The summed E-state index contributed by atoms with van der Waals surface area (Å²) in [5, 5.41) is 10.7. The molecule has 0 saturated heterocycles. The largest absolute Gasteiger partial charge is 0.397 e. The number of fused-ring (bicyclic) bond motifs is 1. The first kappa shape index (κ1) is 11.4. The lowest BCUT2D eigenvalue weighted by Gasteiger charge is -2.04. The molecule has 0 bridgehead atoms. The number of hydrogen-bond acceptors (Lipinski definition) is 3. The van der Waals surface area contributed by atoms with Crippen LogP contribution in [0, 0.1) is 0 Å². The van der Waals surface area contributed by atoms with E-state index < -0.39 is 0 Å². The third-order valence-electron chi connectivity index (χ3n) is 2.95. The van der Waals surface area contributed by atoms with Crippen molar-refractivity contribution in [3.8, 4) is 0 Å². The van der Waals surface area contributed by atoms with Crippen LogP contribution in [0.5, 0.6) is 0 Å². The molecule has 0 aromatic heterocycles. The molecule has 0 amide bonds. The lowest BCUT2D eigenvalue weighted by atomic mass is 10.1. The third kappa shape index (κ3) is 2.31. The average molecular weight is 247 g/mol. The molecule has 2 N–H and O–H groups in total. The van der Waals surface area contributed by atoms with Crippen molar-refractivity contribution < 1.29 is 0 Å². The summed E-state index contributed by atoms with van der Waals surface area (Å²) < 4.78 is 0. The molecule has 0 radical (unpaired) electrons. The zero-order chi connectivity index (χ0) is 13.1. The Hall–Kier alpha value is -2.68. The van der Waals surface area contributed by atoms with Crippen LogP contribution in [0.2, 0.25) is 0 Å². The van der Waals surface area contributed by atoms with E-state index >= 15 is 0 Å². The number of azo groups is 1. The summed E-state index contributed by atoms with van der Waals surface area (Å²) in [6, 6.07) is 21.5. The van der Waals surface area contributed by atoms with E-state index in [0.717, 1.165) is 22.1 Å². The fraction of sp³-hybridized carbons (Fsp3) is 0. The van der Waals surface area contributed by atoms with Gasteiger partial charge in [0.15, 0.2) is 0 Å². The first-order valence-electron chi connectivity index (χ1n) is 6.08. The van der Waals surface area contributed by atoms with Gasteiger partial charge in [-0.05, 0) is 23.6 Å². The monoisotopic (exact) mass is 247 g/mol. The minimum Gasteiger partial charge on any atom is -0.397 e. The Morgan fingerprint density at radius 3 is 2.26 bits per heavy atom. The predicted octanol–water partition coefficient (Wildman–Crippen LogP) is 4.84. The Labute approximate surface area is 111 Å². The van der Waals surface area contributed by atoms with E-state index in [9.17, 15) is 0 Å². The number of anilines is 1. The molecule has 3 aromatic carbocycles. The topological polar surface area (TPSA) is 50.7 Å². The predicted molar refractivity (Wildman–Crippen MR) is 79.0 cm³/mol. The standard InChI is InChI=1S/C16H13N3/c17-15-11-10-12-6-4-5-9-14(12)16(15)19-18-13-7-2-1-3-8-13/h1-11H,17H2/b19-18+. The van der Waals surface area contributed by atoms with Crippen LogP contribution >= 0.6 is 0 Å². The summed E-state index contributed by atoms with van der Waals surface area (Å²) >= 11 is 0. The zero-order valence-electron chi connectivity index (χ0n) is 10.3. The van der Waals surface area contributed by atoms with Gasteiger partial charge in [-0.15, -0.1) is 5.11 Å². The maximum absolute atomic E-state index is 6.00. The molecule has 0 saturated carbocycles. The van der Waals surface area contributed by atoms with E-state index in [-0.39, 0.29) is 0 Å². The Balaban J connectivity index is 2.10. The molecule has 0 aliphatic heterocycles. The van der Waals surface area contributed by atoms with Crippen LogP contribution in [0.4, 0.5) is 17.1 Å². The van der Waals surface area contributed by atoms with Crippen molar-refractivity contribution in [3.63, 3.8) is 0 Å². The molecule has 3 rings (SSSR count). The van der Waals surface area contributed by atoms with Crippen molar-refractivity contribution in [1.29, 1.82) is 0 Å². The summed E-state index contributed by atoms with van der Waals surface area (Å²) in [5.41, 5.74) is 8.17. The summed E-state index contributed by atoms with van der Waals surface area (Å²) in [5.74, 6) is 0. The van der Waals surface area contributed by atoms with Gasteiger partial charge in [-0.25, -0.2) is 0 Å². The second-order valence-corrected chi connectivity index (χ2v) is 4.26. The molecule has 0 unspecified atom stereocenters. The number of rotatable bonds is 2. The van der Waals surface area contributed by atoms with Crippen LogP contribution in [-0.2, 0) is 0 Å². The normalized spacial score (nSPS) is 11.2. The molecule has 0 heterocycles. The average Bonchev–Trinajstić information content (AvgIpc) is 2.47. The maximum Gasteiger partial charge on any atom is 0.116 e. The zero-order valence-corrected chi connectivity index (χ0v) is 10.3. The Kier molecular flexibility index (Phi) is 2.94. The minimum absolute atomic E-state index is 0.637. The highest BCUT2D eigenvalue weighted by molar-refractivity contribution is 5.97. The fourth-order valence-corrected chi connectivity index (χ4v) is 1.99. The molecular weight excluding hydrogens is 234 g/mol. The summed E-state index contributed by atoms with van der Waals surface area (Å²) in [4.78, 5) is 0. The number of hydrogen-bond donors (Lipinski definition) is 1. The van der Waals surface area contributed by atoms with Gasteiger partial charge in [0, 0.05) is 5.39 Å². The molecule has 0 spiro atoms. The molecule has 0 atom stereocenters. The Bertz CT molecular complexity index is 733. The van der Waals surface area contributed by atoms with Gasteiger partial charge in [0.25, 0.3) is 0 Å². The number of benzene rings is 3. The van der Waals surface area contributed by atoms with Crippen molar-refractivity contribution in [2.45, 2.75) is 0 Å². The van der Waals surface area contributed by atoms with Crippen LogP contribution in [-0.4, -0.2) is 0 Å². The van der Waals surface area contributed by atoms with Gasteiger partial charge in [0.1, 0.15) is 5.69 Å². The molecule has 0 fully saturated rings. The summed E-state index contributed by atoms with van der Waals surface area (Å²) in [6.45, 7) is 0. The SMILES string of the molecule is Nc1ccc2ccccc2c1/N=N/c1ccccc1. The summed E-state index contributed by atoms with van der Waals surface area (Å²) in [6.07, 6.45) is 0. The highest BCUT2D eigenvalue weighted by atomic mass is 15.1. The fourth-order valence-electron chi connectivity index (χ4n) is 1.99. The molecule has 3 aromatic rings. The van der Waals surface area contributed by atoms with Crippen LogP contribution in [0.1, 0.15) is 0 Å². The minimum atomic E-state index is 0.637. The first-order valence-corrected chi connectivity index (χ1v) is 6.08. The van der Waals surface area contributed by atoms with Gasteiger partial charge in [-0.2, -0.15) is 5.11 Å². The molecule has 19 heavy (non-hydrogen) atoms. The van der Waals surface area contributed by atoms with Gasteiger partial charge in [0.05, 0.1) is 11.4 Å². The second kappa shape index (κ2) is 4.90.